The fraction of sp³-hybridized carbons (Fsp3) is 0.222. The third-order valence-electron chi connectivity index (χ3n) is 2.00. The molecule has 2 rings (SSSR count). The summed E-state index contributed by atoms with van der Waals surface area (Å²) in [4.78, 5) is 23.1. The standard InChI is InChI=1S/C9H7IN2O3S/c1-4(13)12-5-3-6(9(14)15-2)16-7(5)8(10)11-12/h3H,1-2H3. The number of methoxy groups -OCH3 is 1. The lowest BCUT2D eigenvalue weighted by Crippen LogP contribution is -2.07. The molecule has 7 heteroatoms. The van der Waals surface area contributed by atoms with Crippen LogP contribution in [-0.2, 0) is 4.74 Å². The molecular weight excluding hydrogens is 343 g/mol. The summed E-state index contributed by atoms with van der Waals surface area (Å²) < 4.78 is 7.46. The number of fused-ring (bicyclic) bond motifs is 1. The van der Waals surface area contributed by atoms with Gasteiger partial charge in [0.25, 0.3) is 0 Å². The highest BCUT2D eigenvalue weighted by molar-refractivity contribution is 14.1. The van der Waals surface area contributed by atoms with Crippen LogP contribution in [0.3, 0.4) is 0 Å². The molecule has 0 N–H and O–H groups in total. The second-order valence-corrected chi connectivity index (χ2v) is 5.11. The Bertz CT molecular complexity index is 587. The zero-order chi connectivity index (χ0) is 11.9. The molecule has 0 aliphatic carbocycles. The predicted molar refractivity (Wildman–Crippen MR) is 68.0 cm³/mol. The molecule has 2 aromatic rings. The van der Waals surface area contributed by atoms with Gasteiger partial charge in [0.2, 0.25) is 5.91 Å². The van der Waals surface area contributed by atoms with E-state index in [2.05, 4.69) is 9.84 Å². The number of hydrogen-bond acceptors (Lipinski definition) is 5. The van der Waals surface area contributed by atoms with Gasteiger partial charge in [0, 0.05) is 6.92 Å². The normalized spacial score (nSPS) is 10.7. The molecule has 0 fully saturated rings. The number of aromatic nitrogens is 2. The van der Waals surface area contributed by atoms with Gasteiger partial charge in [0.15, 0.2) is 0 Å². The Kier molecular flexibility index (Phi) is 2.98. The molecule has 2 aromatic heterocycles. The van der Waals surface area contributed by atoms with Crippen LogP contribution in [0.15, 0.2) is 6.07 Å². The van der Waals surface area contributed by atoms with E-state index >= 15 is 0 Å². The first kappa shape index (κ1) is 11.5. The monoisotopic (exact) mass is 350 g/mol. The van der Waals surface area contributed by atoms with E-state index in [0.717, 1.165) is 4.70 Å². The van der Waals surface area contributed by atoms with E-state index in [1.165, 1.54) is 30.1 Å². The number of hydrogen-bond donors (Lipinski definition) is 0. The van der Waals surface area contributed by atoms with E-state index in [4.69, 9.17) is 0 Å². The maximum absolute atomic E-state index is 11.3. The van der Waals surface area contributed by atoms with Crippen LogP contribution in [-0.4, -0.2) is 28.8 Å². The summed E-state index contributed by atoms with van der Waals surface area (Å²) in [5.41, 5.74) is 0.655. The van der Waals surface area contributed by atoms with Crippen LogP contribution in [0.2, 0.25) is 0 Å². The molecule has 0 amide bonds. The van der Waals surface area contributed by atoms with Gasteiger partial charge in [-0.15, -0.1) is 11.3 Å². The first-order valence-electron chi connectivity index (χ1n) is 4.32. The number of thiophene rings is 1. The molecule has 0 atom stereocenters. The molecule has 0 saturated heterocycles. The molecule has 2 heterocycles. The van der Waals surface area contributed by atoms with E-state index in [0.29, 0.717) is 14.1 Å². The first-order chi connectivity index (χ1) is 7.54. The highest BCUT2D eigenvalue weighted by Gasteiger charge is 2.18. The van der Waals surface area contributed by atoms with Crippen molar-refractivity contribution < 1.29 is 14.3 Å². The van der Waals surface area contributed by atoms with Gasteiger partial charge in [-0.2, -0.15) is 9.78 Å². The van der Waals surface area contributed by atoms with Crippen LogP contribution in [0, 0.1) is 3.70 Å². The van der Waals surface area contributed by atoms with Gasteiger partial charge in [-0.25, -0.2) is 4.79 Å². The maximum Gasteiger partial charge on any atom is 0.348 e. The van der Waals surface area contributed by atoms with Crippen molar-refractivity contribution in [3.63, 3.8) is 0 Å². The third-order valence-corrected chi connectivity index (χ3v) is 4.23. The van der Waals surface area contributed by atoms with Crippen molar-refractivity contribution in [3.8, 4) is 0 Å². The van der Waals surface area contributed by atoms with Gasteiger partial charge in [-0.3, -0.25) is 4.79 Å². The van der Waals surface area contributed by atoms with E-state index in [9.17, 15) is 9.59 Å². The van der Waals surface area contributed by atoms with Crippen molar-refractivity contribution >= 4 is 56.0 Å². The lowest BCUT2D eigenvalue weighted by atomic mass is 10.4. The summed E-state index contributed by atoms with van der Waals surface area (Å²) in [5.74, 6) is -0.575. The second-order valence-electron chi connectivity index (χ2n) is 3.04. The highest BCUT2D eigenvalue weighted by Crippen LogP contribution is 2.30. The Morgan fingerprint density at radius 1 is 1.56 bits per heavy atom. The molecule has 84 valence electrons. The number of esters is 1. The van der Waals surface area contributed by atoms with Crippen LogP contribution >= 0.6 is 33.9 Å². The SMILES string of the molecule is COC(=O)c1cc2c(s1)c(I)nn2C(C)=O. The van der Waals surface area contributed by atoms with Gasteiger partial charge in [0.1, 0.15) is 8.58 Å². The number of carbonyl (C=O) groups is 2. The van der Waals surface area contributed by atoms with Crippen molar-refractivity contribution in [2.24, 2.45) is 0 Å². The van der Waals surface area contributed by atoms with Crippen LogP contribution in [0.4, 0.5) is 0 Å². The zero-order valence-electron chi connectivity index (χ0n) is 8.48. The Balaban J connectivity index is 2.66. The molecule has 0 spiro atoms. The lowest BCUT2D eigenvalue weighted by Gasteiger charge is -1.94. The minimum Gasteiger partial charge on any atom is -0.465 e. The quantitative estimate of drug-likeness (QED) is 0.584. The minimum absolute atomic E-state index is 0.179. The Morgan fingerprint density at radius 3 is 2.81 bits per heavy atom. The van der Waals surface area contributed by atoms with E-state index in [-0.39, 0.29) is 5.91 Å². The molecule has 0 unspecified atom stereocenters. The smallest absolute Gasteiger partial charge is 0.348 e. The van der Waals surface area contributed by atoms with Crippen molar-refractivity contribution in [1.29, 1.82) is 0 Å². The van der Waals surface area contributed by atoms with Gasteiger partial charge in [-0.1, -0.05) is 0 Å². The second kappa shape index (κ2) is 4.13. The van der Waals surface area contributed by atoms with Crippen LogP contribution in [0.5, 0.6) is 0 Å². The van der Waals surface area contributed by atoms with E-state index < -0.39 is 5.97 Å². The summed E-state index contributed by atoms with van der Waals surface area (Å²) in [5, 5.41) is 4.09. The highest BCUT2D eigenvalue weighted by atomic mass is 127. The van der Waals surface area contributed by atoms with Gasteiger partial charge < -0.3 is 4.74 Å². The fourth-order valence-corrected chi connectivity index (χ4v) is 3.07. The minimum atomic E-state index is -0.396. The molecule has 0 aliphatic heterocycles. The molecule has 0 aliphatic rings. The van der Waals surface area contributed by atoms with E-state index in [1.807, 2.05) is 22.6 Å². The molecule has 0 bridgehead atoms. The lowest BCUT2D eigenvalue weighted by molar-refractivity contribution is 0.0606. The average molecular weight is 350 g/mol. The molecule has 0 radical (unpaired) electrons. The summed E-state index contributed by atoms with van der Waals surface area (Å²) in [6, 6.07) is 1.63. The molecule has 5 nitrogen and oxygen atoms in total. The topological polar surface area (TPSA) is 61.2 Å². The summed E-state index contributed by atoms with van der Waals surface area (Å²) in [7, 11) is 1.33. The van der Waals surface area contributed by atoms with Gasteiger partial charge in [-0.05, 0) is 28.7 Å². The summed E-state index contributed by atoms with van der Waals surface area (Å²) >= 11 is 3.31. The Morgan fingerprint density at radius 2 is 2.25 bits per heavy atom. The maximum atomic E-state index is 11.3. The van der Waals surface area contributed by atoms with Crippen molar-refractivity contribution in [2.45, 2.75) is 6.92 Å². The number of halogens is 1. The molecular formula is C9H7IN2O3S. The number of ether oxygens (including phenoxy) is 1. The summed E-state index contributed by atoms with van der Waals surface area (Å²) in [6.07, 6.45) is 0. The Hall–Kier alpha value is -0.960. The van der Waals surface area contributed by atoms with Gasteiger partial charge in [0.05, 0.1) is 17.3 Å². The fourth-order valence-electron chi connectivity index (χ4n) is 1.31. The molecule has 16 heavy (non-hydrogen) atoms. The zero-order valence-corrected chi connectivity index (χ0v) is 11.5. The van der Waals surface area contributed by atoms with Crippen molar-refractivity contribution in [1.82, 2.24) is 9.78 Å². The molecule has 0 aromatic carbocycles. The number of carbonyl (C=O) groups excluding carboxylic acids is 2. The van der Waals surface area contributed by atoms with Crippen molar-refractivity contribution in [2.75, 3.05) is 7.11 Å². The molecule has 0 saturated carbocycles. The predicted octanol–water partition coefficient (Wildman–Crippen LogP) is 2.15. The van der Waals surface area contributed by atoms with Crippen LogP contribution in [0.25, 0.3) is 10.2 Å². The van der Waals surface area contributed by atoms with Crippen LogP contribution in [0.1, 0.15) is 21.4 Å². The van der Waals surface area contributed by atoms with Crippen molar-refractivity contribution in [3.05, 3.63) is 14.6 Å². The largest absolute Gasteiger partial charge is 0.465 e. The van der Waals surface area contributed by atoms with Gasteiger partial charge >= 0.3 is 5.97 Å². The van der Waals surface area contributed by atoms with E-state index in [1.54, 1.807) is 6.07 Å². The Labute approximate surface area is 109 Å². The number of nitrogens with zero attached hydrogens (tertiary/aromatic N) is 2. The average Bonchev–Trinajstić information content (AvgIpc) is 2.78. The first-order valence-corrected chi connectivity index (χ1v) is 6.21. The third kappa shape index (κ3) is 1.73. The summed E-state index contributed by atoms with van der Waals surface area (Å²) in [6.45, 7) is 1.43. The van der Waals surface area contributed by atoms with Crippen LogP contribution < -0.4 is 0 Å². The number of rotatable bonds is 1.